The molecule has 1 heterocycles. The van der Waals surface area contributed by atoms with Gasteiger partial charge in [0.1, 0.15) is 0 Å². The van der Waals surface area contributed by atoms with E-state index in [0.717, 1.165) is 11.1 Å². The molecule has 2 rings (SSSR count). The van der Waals surface area contributed by atoms with E-state index in [9.17, 15) is 0 Å². The largest absolute Gasteiger partial charge is 0.152 e. The molecule has 0 N–H and O–H groups in total. The lowest BCUT2D eigenvalue weighted by atomic mass is 10.1. The molecule has 1 aromatic carbocycles. The zero-order valence-corrected chi connectivity index (χ0v) is 10.0. The predicted octanol–water partition coefficient (Wildman–Crippen LogP) is 5.38. The summed E-state index contributed by atoms with van der Waals surface area (Å²) in [5.41, 5.74) is 1.99. The number of benzene rings is 1. The van der Waals surface area contributed by atoms with Gasteiger partial charge in [0.15, 0.2) is 0 Å². The van der Waals surface area contributed by atoms with Crippen LogP contribution in [0.1, 0.15) is 0 Å². The summed E-state index contributed by atoms with van der Waals surface area (Å²) in [5, 5.41) is 5.42. The van der Waals surface area contributed by atoms with Crippen LogP contribution in [0, 0.1) is 0 Å². The Morgan fingerprint density at radius 3 is 2.36 bits per heavy atom. The Morgan fingerprint density at radius 2 is 1.71 bits per heavy atom. The fraction of sp³-hybridized carbons (Fsp3) is 0. The van der Waals surface area contributed by atoms with Crippen molar-refractivity contribution in [3.05, 3.63) is 44.0 Å². The van der Waals surface area contributed by atoms with Gasteiger partial charge in [0.25, 0.3) is 0 Å². The predicted molar refractivity (Wildman–Crippen MR) is 64.8 cm³/mol. The Kier molecular flexibility index (Phi) is 3.03. The van der Waals surface area contributed by atoms with E-state index in [2.05, 4.69) is 0 Å². The molecule has 0 amide bonds. The third kappa shape index (κ3) is 1.78. The summed E-state index contributed by atoms with van der Waals surface area (Å²) < 4.78 is 0. The van der Waals surface area contributed by atoms with Crippen molar-refractivity contribution in [3.63, 3.8) is 0 Å². The average Bonchev–Trinajstić information content (AvgIpc) is 2.67. The number of hydrogen-bond acceptors (Lipinski definition) is 1. The Bertz CT molecular complexity index is 449. The highest BCUT2D eigenvalue weighted by atomic mass is 35.5. The fourth-order valence-electron chi connectivity index (χ4n) is 1.17. The van der Waals surface area contributed by atoms with Gasteiger partial charge >= 0.3 is 0 Å². The van der Waals surface area contributed by atoms with E-state index in [4.69, 9.17) is 34.8 Å². The average molecular weight is 264 g/mol. The lowest BCUT2D eigenvalue weighted by molar-refractivity contribution is 1.67. The summed E-state index contributed by atoms with van der Waals surface area (Å²) in [5.74, 6) is 0. The first-order valence-corrected chi connectivity index (χ1v) is 5.94. The molecular formula is C10H5Cl3S. The molecule has 14 heavy (non-hydrogen) atoms. The Labute approximate surface area is 101 Å². The Hall–Kier alpha value is -0.210. The molecule has 0 fully saturated rings. The highest BCUT2D eigenvalue weighted by Gasteiger charge is 2.10. The van der Waals surface area contributed by atoms with Crippen molar-refractivity contribution in [2.45, 2.75) is 0 Å². The quantitative estimate of drug-likeness (QED) is 0.606. The van der Waals surface area contributed by atoms with Crippen LogP contribution in [0.15, 0.2) is 29.0 Å². The van der Waals surface area contributed by atoms with Gasteiger partial charge in [-0.1, -0.05) is 40.9 Å². The van der Waals surface area contributed by atoms with Crippen LogP contribution in [-0.4, -0.2) is 0 Å². The van der Waals surface area contributed by atoms with Gasteiger partial charge in [-0.05, 0) is 28.5 Å². The Morgan fingerprint density at radius 1 is 0.929 bits per heavy atom. The van der Waals surface area contributed by atoms with E-state index in [1.165, 1.54) is 0 Å². The Balaban J connectivity index is 2.61. The third-order valence-corrected chi connectivity index (χ3v) is 3.84. The maximum absolute atomic E-state index is 6.08. The summed E-state index contributed by atoms with van der Waals surface area (Å²) in [7, 11) is 0. The van der Waals surface area contributed by atoms with Gasteiger partial charge in [-0.25, -0.2) is 0 Å². The van der Waals surface area contributed by atoms with Gasteiger partial charge in [0, 0.05) is 5.56 Å². The minimum absolute atomic E-state index is 0.414. The number of thiophene rings is 1. The van der Waals surface area contributed by atoms with Crippen LogP contribution in [0.5, 0.6) is 0 Å². The van der Waals surface area contributed by atoms with E-state index in [0.29, 0.717) is 15.1 Å². The zero-order valence-electron chi connectivity index (χ0n) is 6.93. The van der Waals surface area contributed by atoms with E-state index >= 15 is 0 Å². The third-order valence-electron chi connectivity index (χ3n) is 1.87. The summed E-state index contributed by atoms with van der Waals surface area (Å²) in [4.78, 5) is 0. The fourth-order valence-corrected chi connectivity index (χ4v) is 2.47. The van der Waals surface area contributed by atoms with Crippen molar-refractivity contribution < 1.29 is 0 Å². The van der Waals surface area contributed by atoms with Crippen LogP contribution in [0.2, 0.25) is 15.1 Å². The molecule has 0 saturated carbocycles. The maximum atomic E-state index is 6.08. The van der Waals surface area contributed by atoms with E-state index in [1.807, 2.05) is 22.9 Å². The van der Waals surface area contributed by atoms with Crippen LogP contribution in [0.25, 0.3) is 11.1 Å². The van der Waals surface area contributed by atoms with Gasteiger partial charge in [-0.2, -0.15) is 11.3 Å². The first-order chi connectivity index (χ1) is 6.70. The molecule has 0 nitrogen and oxygen atoms in total. The number of halogens is 3. The second-order valence-corrected chi connectivity index (χ2v) is 4.68. The molecule has 0 unspecified atom stereocenters. The van der Waals surface area contributed by atoms with Crippen LogP contribution >= 0.6 is 46.1 Å². The summed E-state index contributed by atoms with van der Waals surface area (Å²) in [6.07, 6.45) is 0. The molecule has 0 spiro atoms. The highest BCUT2D eigenvalue weighted by molar-refractivity contribution is 7.08. The lowest BCUT2D eigenvalue weighted by Gasteiger charge is -2.04. The molecule has 0 aliphatic carbocycles. The summed E-state index contributed by atoms with van der Waals surface area (Å²) in [6.45, 7) is 0. The molecule has 0 atom stereocenters. The molecule has 4 heteroatoms. The van der Waals surface area contributed by atoms with Crippen LogP contribution < -0.4 is 0 Å². The molecule has 1 aromatic heterocycles. The zero-order chi connectivity index (χ0) is 10.1. The smallest absolute Gasteiger partial charge is 0.0784 e. The second-order valence-electron chi connectivity index (χ2n) is 2.73. The van der Waals surface area contributed by atoms with Gasteiger partial charge in [0.2, 0.25) is 0 Å². The minimum Gasteiger partial charge on any atom is -0.152 e. The van der Waals surface area contributed by atoms with Gasteiger partial charge in [0.05, 0.1) is 15.1 Å². The molecule has 0 saturated heterocycles. The highest BCUT2D eigenvalue weighted by Crippen LogP contribution is 2.38. The van der Waals surface area contributed by atoms with Crippen LogP contribution in [0.3, 0.4) is 0 Å². The van der Waals surface area contributed by atoms with Crippen molar-refractivity contribution in [2.75, 3.05) is 0 Å². The second kappa shape index (κ2) is 4.11. The first kappa shape index (κ1) is 10.3. The SMILES string of the molecule is Clc1ccc(-c2ccsc2)c(Cl)c1Cl. The van der Waals surface area contributed by atoms with Crippen molar-refractivity contribution >= 4 is 46.1 Å². The molecule has 2 aromatic rings. The van der Waals surface area contributed by atoms with Gasteiger partial charge in [-0.3, -0.25) is 0 Å². The summed E-state index contributed by atoms with van der Waals surface area (Å²) >= 11 is 19.5. The molecule has 0 radical (unpaired) electrons. The maximum Gasteiger partial charge on any atom is 0.0784 e. The van der Waals surface area contributed by atoms with E-state index < -0.39 is 0 Å². The topological polar surface area (TPSA) is 0 Å². The molecule has 72 valence electrons. The van der Waals surface area contributed by atoms with Crippen molar-refractivity contribution in [3.8, 4) is 11.1 Å². The van der Waals surface area contributed by atoms with Crippen LogP contribution in [-0.2, 0) is 0 Å². The normalized spacial score (nSPS) is 10.5. The first-order valence-electron chi connectivity index (χ1n) is 3.86. The van der Waals surface area contributed by atoms with E-state index in [1.54, 1.807) is 17.4 Å². The van der Waals surface area contributed by atoms with Crippen molar-refractivity contribution in [2.24, 2.45) is 0 Å². The number of rotatable bonds is 1. The minimum atomic E-state index is 0.414. The van der Waals surface area contributed by atoms with Gasteiger partial charge < -0.3 is 0 Å². The van der Waals surface area contributed by atoms with Crippen LogP contribution in [0.4, 0.5) is 0 Å². The van der Waals surface area contributed by atoms with Gasteiger partial charge in [-0.15, -0.1) is 0 Å². The van der Waals surface area contributed by atoms with Crippen molar-refractivity contribution in [1.29, 1.82) is 0 Å². The number of hydrogen-bond donors (Lipinski definition) is 0. The molecule has 0 bridgehead atoms. The lowest BCUT2D eigenvalue weighted by Crippen LogP contribution is -1.78. The molecular weight excluding hydrogens is 259 g/mol. The molecule has 0 aliphatic rings. The monoisotopic (exact) mass is 262 g/mol. The summed E-state index contributed by atoms with van der Waals surface area (Å²) in [6, 6.07) is 5.62. The molecule has 0 aliphatic heterocycles. The van der Waals surface area contributed by atoms with Crippen molar-refractivity contribution in [1.82, 2.24) is 0 Å². The van der Waals surface area contributed by atoms with E-state index in [-0.39, 0.29) is 0 Å². The standard InChI is InChI=1S/C10H5Cl3S/c11-8-2-1-7(9(12)10(8)13)6-3-4-14-5-6/h1-5H.